The molecule has 0 radical (unpaired) electrons. The Morgan fingerprint density at radius 2 is 1.97 bits per heavy atom. The predicted molar refractivity (Wildman–Crippen MR) is 123 cm³/mol. The molecule has 0 bridgehead atoms. The van der Waals surface area contributed by atoms with E-state index >= 15 is 0 Å². The Balaban J connectivity index is 1.90. The Morgan fingerprint density at radius 3 is 2.73 bits per heavy atom. The second kappa shape index (κ2) is 9.46. The normalized spacial score (nSPS) is 17.8. The summed E-state index contributed by atoms with van der Waals surface area (Å²) >= 11 is 0. The van der Waals surface area contributed by atoms with Gasteiger partial charge < -0.3 is 19.5 Å². The summed E-state index contributed by atoms with van der Waals surface area (Å²) < 4.78 is 12.6. The number of nitrogens with zero attached hydrogens (tertiary/aromatic N) is 3. The number of fused-ring (bicyclic) bond motifs is 1. The van der Waals surface area contributed by atoms with Gasteiger partial charge in [0.1, 0.15) is 17.1 Å². The zero-order valence-corrected chi connectivity index (χ0v) is 18.9. The van der Waals surface area contributed by atoms with Gasteiger partial charge in [-0.25, -0.2) is 4.98 Å². The first kappa shape index (κ1) is 22.5. The molecule has 8 nitrogen and oxygen atoms in total. The summed E-state index contributed by atoms with van der Waals surface area (Å²) in [6.07, 6.45) is 2.61. The number of hydrogen-bond acceptors (Lipinski definition) is 6. The van der Waals surface area contributed by atoms with Gasteiger partial charge in [0.05, 0.1) is 30.5 Å². The fourth-order valence-corrected chi connectivity index (χ4v) is 4.17. The van der Waals surface area contributed by atoms with E-state index in [1.54, 1.807) is 23.6 Å². The number of amides is 1. The van der Waals surface area contributed by atoms with Crippen LogP contribution in [-0.2, 0) is 14.3 Å². The number of methoxy groups -OCH3 is 1. The quantitative estimate of drug-likeness (QED) is 0.321. The third-order valence-corrected chi connectivity index (χ3v) is 5.65. The molecule has 3 heterocycles. The molecule has 33 heavy (non-hydrogen) atoms. The van der Waals surface area contributed by atoms with Crippen molar-refractivity contribution in [3.05, 3.63) is 71.2 Å². The molecular formula is C25H27N3O5. The van der Waals surface area contributed by atoms with E-state index in [2.05, 4.69) is 4.98 Å². The Hall–Kier alpha value is -3.65. The van der Waals surface area contributed by atoms with Gasteiger partial charge in [0.2, 0.25) is 0 Å². The lowest BCUT2D eigenvalue weighted by atomic mass is 9.96. The van der Waals surface area contributed by atoms with E-state index in [0.29, 0.717) is 35.0 Å². The van der Waals surface area contributed by atoms with Crippen LogP contribution in [-0.4, -0.2) is 57.9 Å². The van der Waals surface area contributed by atoms with Gasteiger partial charge in [-0.05, 0) is 43.2 Å². The molecule has 0 spiro atoms. The fraction of sp³-hybridized carbons (Fsp3) is 0.320. The number of aliphatic hydroxyl groups is 1. The molecule has 1 unspecified atom stereocenters. The highest BCUT2D eigenvalue weighted by molar-refractivity contribution is 6.46. The van der Waals surface area contributed by atoms with Crippen LogP contribution in [0.2, 0.25) is 0 Å². The summed E-state index contributed by atoms with van der Waals surface area (Å²) in [5, 5.41) is 11.4. The number of pyridine rings is 1. The maximum Gasteiger partial charge on any atom is 0.295 e. The summed E-state index contributed by atoms with van der Waals surface area (Å²) in [4.78, 5) is 32.1. The summed E-state index contributed by atoms with van der Waals surface area (Å²) in [6.45, 7) is 4.78. The number of imidazole rings is 1. The molecule has 4 rings (SSSR count). The number of Topliss-reactive ketones (excluding diaryl/α,β-unsaturated/α-hetero) is 1. The monoisotopic (exact) mass is 449 g/mol. The molecule has 1 aromatic carbocycles. The largest absolute Gasteiger partial charge is 0.505 e. The lowest BCUT2D eigenvalue weighted by molar-refractivity contribution is -0.140. The molecular weight excluding hydrogens is 422 g/mol. The highest BCUT2D eigenvalue weighted by atomic mass is 16.5. The van der Waals surface area contributed by atoms with Crippen LogP contribution in [0.3, 0.4) is 0 Å². The summed E-state index contributed by atoms with van der Waals surface area (Å²) in [5.41, 5.74) is 2.28. The van der Waals surface area contributed by atoms with Gasteiger partial charge in [-0.2, -0.15) is 0 Å². The average molecular weight is 450 g/mol. The number of aliphatic hydroxyl groups excluding tert-OH is 1. The van der Waals surface area contributed by atoms with Crippen LogP contribution in [0.4, 0.5) is 0 Å². The van der Waals surface area contributed by atoms with Crippen LogP contribution in [0, 0.1) is 6.92 Å². The minimum Gasteiger partial charge on any atom is -0.505 e. The number of hydrogen-bond donors (Lipinski definition) is 1. The minimum absolute atomic E-state index is 0.0255. The van der Waals surface area contributed by atoms with Crippen LogP contribution >= 0.6 is 0 Å². The van der Waals surface area contributed by atoms with E-state index < -0.39 is 17.7 Å². The van der Waals surface area contributed by atoms with Crippen molar-refractivity contribution < 1.29 is 24.2 Å². The van der Waals surface area contributed by atoms with Crippen LogP contribution in [0.15, 0.2) is 54.2 Å². The van der Waals surface area contributed by atoms with E-state index in [1.165, 1.54) is 12.0 Å². The standard InChI is InChI=1S/C25H27N3O5/c1-4-13-33-18-9-7-8-17(15-18)22-20(24(30)25(31)28(22)12-14-32-3)23(29)21-16(2)26-19-10-5-6-11-27(19)21/h5-11,15,22,29H,4,12-14H2,1-3H3/b23-20+. The molecule has 1 atom stereocenters. The SMILES string of the molecule is CCCOc1cccc(C2/C(=C(\O)c3c(C)nc4ccccn34)C(=O)C(=O)N2CCOC)c1. The van der Waals surface area contributed by atoms with Crippen molar-refractivity contribution in [1.29, 1.82) is 0 Å². The van der Waals surface area contributed by atoms with E-state index in [-0.39, 0.29) is 24.5 Å². The number of aryl methyl sites for hydroxylation is 1. The molecule has 1 N–H and O–H groups in total. The van der Waals surface area contributed by atoms with Crippen LogP contribution < -0.4 is 4.74 Å². The van der Waals surface area contributed by atoms with Crippen molar-refractivity contribution in [2.45, 2.75) is 26.3 Å². The maximum atomic E-state index is 13.2. The number of ether oxygens (including phenoxy) is 2. The van der Waals surface area contributed by atoms with Crippen LogP contribution in [0.25, 0.3) is 11.4 Å². The fourth-order valence-electron chi connectivity index (χ4n) is 4.17. The van der Waals surface area contributed by atoms with Gasteiger partial charge in [-0.15, -0.1) is 0 Å². The van der Waals surface area contributed by atoms with Gasteiger partial charge in [0.25, 0.3) is 11.7 Å². The summed E-state index contributed by atoms with van der Waals surface area (Å²) in [7, 11) is 1.53. The highest BCUT2D eigenvalue weighted by Crippen LogP contribution is 2.40. The molecule has 1 aliphatic rings. The van der Waals surface area contributed by atoms with Crippen molar-refractivity contribution in [2.24, 2.45) is 0 Å². The number of likely N-dealkylation sites (tertiary alicyclic amines) is 1. The van der Waals surface area contributed by atoms with Crippen molar-refractivity contribution >= 4 is 23.1 Å². The number of aromatic nitrogens is 2. The molecule has 0 saturated carbocycles. The first-order chi connectivity index (χ1) is 16.0. The Bertz CT molecular complexity index is 1230. The van der Waals surface area contributed by atoms with Crippen molar-refractivity contribution in [1.82, 2.24) is 14.3 Å². The van der Waals surface area contributed by atoms with E-state index in [9.17, 15) is 14.7 Å². The van der Waals surface area contributed by atoms with Gasteiger partial charge in [-0.3, -0.25) is 14.0 Å². The first-order valence-electron chi connectivity index (χ1n) is 10.9. The van der Waals surface area contributed by atoms with Crippen LogP contribution in [0.5, 0.6) is 5.75 Å². The van der Waals surface area contributed by atoms with Gasteiger partial charge >= 0.3 is 0 Å². The van der Waals surface area contributed by atoms with Crippen molar-refractivity contribution in [3.8, 4) is 5.75 Å². The molecule has 8 heteroatoms. The molecule has 2 aromatic heterocycles. The topological polar surface area (TPSA) is 93.4 Å². The van der Waals surface area contributed by atoms with E-state index in [4.69, 9.17) is 9.47 Å². The molecule has 172 valence electrons. The summed E-state index contributed by atoms with van der Waals surface area (Å²) in [6, 6.07) is 12.0. The number of carbonyl (C=O) groups is 2. The molecule has 3 aromatic rings. The number of rotatable bonds is 8. The lowest BCUT2D eigenvalue weighted by Gasteiger charge is -2.25. The zero-order chi connectivity index (χ0) is 23.5. The third-order valence-electron chi connectivity index (χ3n) is 5.65. The highest BCUT2D eigenvalue weighted by Gasteiger charge is 2.46. The Kier molecular flexibility index (Phi) is 6.46. The van der Waals surface area contributed by atoms with E-state index in [1.807, 2.05) is 43.3 Å². The summed E-state index contributed by atoms with van der Waals surface area (Å²) in [5.74, 6) is -1.03. The first-order valence-corrected chi connectivity index (χ1v) is 10.9. The zero-order valence-electron chi connectivity index (χ0n) is 18.9. The van der Waals surface area contributed by atoms with Gasteiger partial charge in [0, 0.05) is 19.9 Å². The number of carbonyl (C=O) groups excluding carboxylic acids is 2. The molecule has 1 fully saturated rings. The Labute approximate surface area is 192 Å². The molecule has 1 saturated heterocycles. The smallest absolute Gasteiger partial charge is 0.295 e. The second-order valence-corrected chi connectivity index (χ2v) is 7.88. The second-order valence-electron chi connectivity index (χ2n) is 7.88. The maximum absolute atomic E-state index is 13.2. The molecule has 0 aliphatic carbocycles. The van der Waals surface area contributed by atoms with Gasteiger partial charge in [0.15, 0.2) is 5.76 Å². The lowest BCUT2D eigenvalue weighted by Crippen LogP contribution is -2.32. The number of ketones is 1. The van der Waals surface area contributed by atoms with Gasteiger partial charge in [-0.1, -0.05) is 25.1 Å². The average Bonchev–Trinajstić information content (AvgIpc) is 3.29. The van der Waals surface area contributed by atoms with Crippen LogP contribution in [0.1, 0.15) is 36.3 Å². The van der Waals surface area contributed by atoms with Crippen molar-refractivity contribution in [2.75, 3.05) is 26.9 Å². The van der Waals surface area contributed by atoms with E-state index in [0.717, 1.165) is 6.42 Å². The predicted octanol–water partition coefficient (Wildman–Crippen LogP) is 3.50. The van der Waals surface area contributed by atoms with Crippen molar-refractivity contribution in [3.63, 3.8) is 0 Å². The third kappa shape index (κ3) is 4.09. The Morgan fingerprint density at radius 1 is 1.15 bits per heavy atom. The molecule has 1 aliphatic heterocycles. The number of benzene rings is 1. The minimum atomic E-state index is -0.779. The molecule has 1 amide bonds.